The number of hydrogen-bond donors (Lipinski definition) is 1. The first-order valence-electron chi connectivity index (χ1n) is 5.31. The SMILES string of the molecule is C=Nc1ccccc1N(C)c1ccc(O)cc1. The van der Waals surface area contributed by atoms with Crippen LogP contribution in [0.2, 0.25) is 0 Å². The number of rotatable bonds is 3. The van der Waals surface area contributed by atoms with Gasteiger partial charge in [0.05, 0.1) is 11.4 Å². The van der Waals surface area contributed by atoms with Crippen LogP contribution in [0.5, 0.6) is 5.75 Å². The Morgan fingerprint density at radius 2 is 1.71 bits per heavy atom. The fraction of sp³-hybridized carbons (Fsp3) is 0.0714. The first-order chi connectivity index (χ1) is 8.22. The van der Waals surface area contributed by atoms with Gasteiger partial charge < -0.3 is 10.0 Å². The smallest absolute Gasteiger partial charge is 0.115 e. The Labute approximate surface area is 101 Å². The molecule has 0 heterocycles. The van der Waals surface area contributed by atoms with Crippen LogP contribution < -0.4 is 4.90 Å². The van der Waals surface area contributed by atoms with Crippen LogP contribution >= 0.6 is 0 Å². The Kier molecular flexibility index (Phi) is 3.10. The van der Waals surface area contributed by atoms with Crippen LogP contribution in [-0.2, 0) is 0 Å². The average Bonchev–Trinajstić information content (AvgIpc) is 2.39. The van der Waals surface area contributed by atoms with Crippen LogP contribution in [0.1, 0.15) is 0 Å². The van der Waals surface area contributed by atoms with Crippen molar-refractivity contribution in [3.8, 4) is 5.75 Å². The predicted octanol–water partition coefficient (Wildman–Crippen LogP) is 3.49. The third-order valence-corrected chi connectivity index (χ3v) is 2.65. The van der Waals surface area contributed by atoms with Crippen molar-refractivity contribution in [2.45, 2.75) is 0 Å². The highest BCUT2D eigenvalue weighted by atomic mass is 16.3. The van der Waals surface area contributed by atoms with Crippen LogP contribution in [0.25, 0.3) is 0 Å². The Morgan fingerprint density at radius 1 is 1.06 bits per heavy atom. The summed E-state index contributed by atoms with van der Waals surface area (Å²) in [6.07, 6.45) is 0. The molecule has 0 spiro atoms. The molecular formula is C14H14N2O. The zero-order valence-corrected chi connectivity index (χ0v) is 9.67. The zero-order valence-electron chi connectivity index (χ0n) is 9.67. The fourth-order valence-electron chi connectivity index (χ4n) is 1.70. The molecule has 0 aliphatic rings. The quantitative estimate of drug-likeness (QED) is 0.813. The minimum atomic E-state index is 0.261. The van der Waals surface area contributed by atoms with Crippen LogP contribution in [0.15, 0.2) is 53.5 Å². The van der Waals surface area contributed by atoms with Gasteiger partial charge in [-0.15, -0.1) is 0 Å². The number of nitrogens with zero attached hydrogens (tertiary/aromatic N) is 2. The van der Waals surface area contributed by atoms with E-state index in [1.807, 2.05) is 48.3 Å². The first kappa shape index (κ1) is 11.2. The van der Waals surface area contributed by atoms with Crippen molar-refractivity contribution < 1.29 is 5.11 Å². The van der Waals surface area contributed by atoms with Gasteiger partial charge in [0.15, 0.2) is 0 Å². The molecule has 86 valence electrons. The topological polar surface area (TPSA) is 35.8 Å². The van der Waals surface area contributed by atoms with Crippen molar-refractivity contribution in [1.29, 1.82) is 0 Å². The van der Waals surface area contributed by atoms with Crippen LogP contribution in [0.3, 0.4) is 0 Å². The van der Waals surface area contributed by atoms with Gasteiger partial charge in [-0.1, -0.05) is 12.1 Å². The molecule has 0 saturated heterocycles. The molecule has 0 radical (unpaired) electrons. The van der Waals surface area contributed by atoms with E-state index in [9.17, 15) is 5.11 Å². The highest BCUT2D eigenvalue weighted by Crippen LogP contribution is 2.32. The molecule has 2 aromatic carbocycles. The molecule has 0 unspecified atom stereocenters. The first-order valence-corrected chi connectivity index (χ1v) is 5.31. The van der Waals surface area contributed by atoms with Crippen molar-refractivity contribution in [3.63, 3.8) is 0 Å². The molecule has 0 aromatic heterocycles. The summed E-state index contributed by atoms with van der Waals surface area (Å²) in [4.78, 5) is 6.00. The maximum Gasteiger partial charge on any atom is 0.115 e. The maximum atomic E-state index is 9.26. The number of benzene rings is 2. The molecule has 1 N–H and O–H groups in total. The van der Waals surface area contributed by atoms with Gasteiger partial charge in [0, 0.05) is 12.7 Å². The number of anilines is 2. The second-order valence-corrected chi connectivity index (χ2v) is 3.72. The van der Waals surface area contributed by atoms with Crippen LogP contribution in [0.4, 0.5) is 17.1 Å². The number of para-hydroxylation sites is 2. The van der Waals surface area contributed by atoms with Gasteiger partial charge in [-0.05, 0) is 43.1 Å². The van der Waals surface area contributed by atoms with E-state index in [1.54, 1.807) is 12.1 Å². The van der Waals surface area contributed by atoms with Gasteiger partial charge in [0.1, 0.15) is 5.75 Å². The van der Waals surface area contributed by atoms with Crippen molar-refractivity contribution in [2.24, 2.45) is 4.99 Å². The summed E-state index contributed by atoms with van der Waals surface area (Å²) in [5.41, 5.74) is 2.80. The molecule has 3 nitrogen and oxygen atoms in total. The van der Waals surface area contributed by atoms with E-state index < -0.39 is 0 Å². The van der Waals surface area contributed by atoms with Gasteiger partial charge in [-0.3, -0.25) is 4.99 Å². The van der Waals surface area contributed by atoms with E-state index >= 15 is 0 Å². The lowest BCUT2D eigenvalue weighted by Crippen LogP contribution is -2.09. The molecule has 0 atom stereocenters. The number of phenols is 1. The van der Waals surface area contributed by atoms with Gasteiger partial charge in [0.2, 0.25) is 0 Å². The molecule has 0 fully saturated rings. The molecule has 0 aliphatic heterocycles. The molecule has 2 aromatic rings. The molecule has 0 bridgehead atoms. The Morgan fingerprint density at radius 3 is 2.35 bits per heavy atom. The lowest BCUT2D eigenvalue weighted by molar-refractivity contribution is 0.475. The third-order valence-electron chi connectivity index (χ3n) is 2.65. The standard InChI is InChI=1S/C14H14N2O/c1-15-13-5-3-4-6-14(13)16(2)11-7-9-12(17)10-8-11/h3-10,17H,1H2,2H3. The zero-order chi connectivity index (χ0) is 12.3. The number of aliphatic imine (C=N–C) groups is 1. The largest absolute Gasteiger partial charge is 0.508 e. The number of aromatic hydroxyl groups is 1. The number of hydrogen-bond acceptors (Lipinski definition) is 3. The second kappa shape index (κ2) is 4.70. The Hall–Kier alpha value is -2.29. The monoisotopic (exact) mass is 226 g/mol. The lowest BCUT2D eigenvalue weighted by atomic mass is 10.2. The molecule has 0 aliphatic carbocycles. The van der Waals surface area contributed by atoms with E-state index in [-0.39, 0.29) is 5.75 Å². The van der Waals surface area contributed by atoms with Gasteiger partial charge in [-0.25, -0.2) is 0 Å². The van der Waals surface area contributed by atoms with Crippen LogP contribution in [0, 0.1) is 0 Å². The Balaban J connectivity index is 2.39. The van der Waals surface area contributed by atoms with Crippen molar-refractivity contribution in [2.75, 3.05) is 11.9 Å². The highest BCUT2D eigenvalue weighted by Gasteiger charge is 2.07. The lowest BCUT2D eigenvalue weighted by Gasteiger charge is -2.21. The summed E-state index contributed by atoms with van der Waals surface area (Å²) in [5.74, 6) is 0.261. The minimum absolute atomic E-state index is 0.261. The molecule has 0 amide bonds. The van der Waals surface area contributed by atoms with Gasteiger partial charge in [-0.2, -0.15) is 0 Å². The predicted molar refractivity (Wildman–Crippen MR) is 71.8 cm³/mol. The van der Waals surface area contributed by atoms with Crippen molar-refractivity contribution in [1.82, 2.24) is 0 Å². The van der Waals surface area contributed by atoms with E-state index in [1.165, 1.54) is 0 Å². The second-order valence-electron chi connectivity index (χ2n) is 3.72. The van der Waals surface area contributed by atoms with Gasteiger partial charge in [0.25, 0.3) is 0 Å². The summed E-state index contributed by atoms with van der Waals surface area (Å²) >= 11 is 0. The van der Waals surface area contributed by atoms with E-state index in [4.69, 9.17) is 0 Å². The maximum absolute atomic E-state index is 9.26. The molecule has 0 saturated carbocycles. The van der Waals surface area contributed by atoms with Gasteiger partial charge >= 0.3 is 0 Å². The number of phenolic OH excluding ortho intramolecular Hbond substituents is 1. The van der Waals surface area contributed by atoms with Crippen molar-refractivity contribution >= 4 is 23.8 Å². The normalized spacial score (nSPS) is 9.94. The summed E-state index contributed by atoms with van der Waals surface area (Å²) in [6, 6.07) is 14.8. The van der Waals surface area contributed by atoms with Crippen LogP contribution in [-0.4, -0.2) is 18.9 Å². The minimum Gasteiger partial charge on any atom is -0.508 e. The molecule has 2 rings (SSSR count). The summed E-state index contributed by atoms with van der Waals surface area (Å²) in [5, 5.41) is 9.26. The highest BCUT2D eigenvalue weighted by molar-refractivity contribution is 5.75. The fourth-order valence-corrected chi connectivity index (χ4v) is 1.70. The Bertz CT molecular complexity index is 520. The summed E-state index contributed by atoms with van der Waals surface area (Å²) in [7, 11) is 1.95. The third kappa shape index (κ3) is 2.28. The summed E-state index contributed by atoms with van der Waals surface area (Å²) in [6.45, 7) is 3.57. The summed E-state index contributed by atoms with van der Waals surface area (Å²) < 4.78 is 0. The molecule has 3 heteroatoms. The van der Waals surface area contributed by atoms with Crippen molar-refractivity contribution in [3.05, 3.63) is 48.5 Å². The van der Waals surface area contributed by atoms with E-state index in [0.29, 0.717) is 0 Å². The molecular weight excluding hydrogens is 212 g/mol. The van der Waals surface area contributed by atoms with E-state index in [0.717, 1.165) is 17.1 Å². The van der Waals surface area contributed by atoms with E-state index in [2.05, 4.69) is 11.7 Å². The average molecular weight is 226 g/mol. The molecule has 17 heavy (non-hydrogen) atoms.